The highest BCUT2D eigenvalue weighted by molar-refractivity contribution is 5.91. The van der Waals surface area contributed by atoms with Crippen LogP contribution in [0, 0.1) is 6.92 Å². The van der Waals surface area contributed by atoms with E-state index in [2.05, 4.69) is 22.5 Å². The molecule has 0 aromatic heterocycles. The third kappa shape index (κ3) is 5.70. The minimum atomic E-state index is -0.240. The van der Waals surface area contributed by atoms with Gasteiger partial charge < -0.3 is 20.1 Å². The van der Waals surface area contributed by atoms with Gasteiger partial charge in [-0.25, -0.2) is 4.79 Å². The number of amides is 2. The van der Waals surface area contributed by atoms with E-state index in [4.69, 9.17) is 9.47 Å². The van der Waals surface area contributed by atoms with E-state index in [1.807, 2.05) is 55.5 Å². The Bertz CT molecular complexity index is 760. The number of benzene rings is 2. The van der Waals surface area contributed by atoms with Crippen molar-refractivity contribution in [2.45, 2.75) is 19.9 Å². The molecular weight excluding hydrogens is 342 g/mol. The van der Waals surface area contributed by atoms with Gasteiger partial charge in [0, 0.05) is 25.7 Å². The maximum absolute atomic E-state index is 12.3. The van der Waals surface area contributed by atoms with Gasteiger partial charge in [0.05, 0.1) is 18.9 Å². The second-order valence-electron chi connectivity index (χ2n) is 6.75. The van der Waals surface area contributed by atoms with Gasteiger partial charge in [-0.05, 0) is 43.7 Å². The molecule has 1 saturated heterocycles. The second kappa shape index (κ2) is 9.39. The van der Waals surface area contributed by atoms with Crippen LogP contribution in [0.25, 0.3) is 0 Å². The van der Waals surface area contributed by atoms with Crippen LogP contribution in [-0.4, -0.2) is 49.8 Å². The van der Waals surface area contributed by atoms with Crippen LogP contribution in [0.3, 0.4) is 0 Å². The molecule has 2 aromatic carbocycles. The number of carbonyl (C=O) groups is 1. The second-order valence-corrected chi connectivity index (χ2v) is 6.75. The van der Waals surface area contributed by atoms with E-state index in [0.29, 0.717) is 18.0 Å². The van der Waals surface area contributed by atoms with E-state index in [0.717, 1.165) is 37.6 Å². The van der Waals surface area contributed by atoms with Crippen LogP contribution >= 0.6 is 0 Å². The summed E-state index contributed by atoms with van der Waals surface area (Å²) < 4.78 is 11.3. The molecule has 2 aromatic rings. The van der Waals surface area contributed by atoms with Crippen molar-refractivity contribution >= 4 is 11.7 Å². The lowest BCUT2D eigenvalue weighted by molar-refractivity contribution is 0.0209. The highest BCUT2D eigenvalue weighted by Crippen LogP contribution is 2.29. The molecule has 1 fully saturated rings. The summed E-state index contributed by atoms with van der Waals surface area (Å²) in [5.74, 6) is 1.35. The summed E-state index contributed by atoms with van der Waals surface area (Å²) in [7, 11) is 0. The van der Waals surface area contributed by atoms with Gasteiger partial charge in [-0.1, -0.05) is 24.3 Å². The number of nitrogens with zero attached hydrogens (tertiary/aromatic N) is 1. The quantitative estimate of drug-likeness (QED) is 0.816. The highest BCUT2D eigenvalue weighted by atomic mass is 16.5. The highest BCUT2D eigenvalue weighted by Gasteiger charge is 2.17. The molecule has 2 N–H and O–H groups in total. The molecule has 0 radical (unpaired) electrons. The number of aryl methyl sites for hydroxylation is 1. The number of rotatable bonds is 6. The number of hydrogen-bond acceptors (Lipinski definition) is 4. The van der Waals surface area contributed by atoms with Crippen molar-refractivity contribution < 1.29 is 14.3 Å². The topological polar surface area (TPSA) is 62.8 Å². The molecule has 144 valence electrons. The molecule has 1 atom stereocenters. The Morgan fingerprint density at radius 2 is 1.96 bits per heavy atom. The Kier molecular flexibility index (Phi) is 6.68. The first-order valence-electron chi connectivity index (χ1n) is 9.32. The number of para-hydroxylation sites is 2. The molecule has 0 spiro atoms. The fourth-order valence-electron chi connectivity index (χ4n) is 3.02. The monoisotopic (exact) mass is 369 g/mol. The van der Waals surface area contributed by atoms with E-state index < -0.39 is 0 Å². The minimum absolute atomic E-state index is 0.240. The lowest BCUT2D eigenvalue weighted by Crippen LogP contribution is -2.47. The molecular formula is C21H27N3O3. The minimum Gasteiger partial charge on any atom is -0.455 e. The van der Waals surface area contributed by atoms with E-state index in [9.17, 15) is 4.79 Å². The smallest absolute Gasteiger partial charge is 0.319 e. The number of ether oxygens (including phenoxy) is 2. The molecule has 2 amide bonds. The summed E-state index contributed by atoms with van der Waals surface area (Å²) in [4.78, 5) is 14.7. The number of carbonyl (C=O) groups excluding carboxylic acids is 1. The van der Waals surface area contributed by atoms with Crippen molar-refractivity contribution in [3.63, 3.8) is 0 Å². The fraction of sp³-hybridized carbons (Fsp3) is 0.381. The van der Waals surface area contributed by atoms with E-state index >= 15 is 0 Å². The summed E-state index contributed by atoms with van der Waals surface area (Å²) in [6.07, 6.45) is 0. The Balaban J connectivity index is 1.56. The average molecular weight is 369 g/mol. The van der Waals surface area contributed by atoms with Gasteiger partial charge in [-0.3, -0.25) is 4.90 Å². The third-order valence-electron chi connectivity index (χ3n) is 4.58. The van der Waals surface area contributed by atoms with Gasteiger partial charge in [0.15, 0.2) is 5.75 Å². The van der Waals surface area contributed by atoms with E-state index in [1.54, 1.807) is 0 Å². The van der Waals surface area contributed by atoms with Crippen molar-refractivity contribution in [2.24, 2.45) is 0 Å². The first-order chi connectivity index (χ1) is 13.1. The summed E-state index contributed by atoms with van der Waals surface area (Å²) >= 11 is 0. The number of nitrogens with one attached hydrogen (secondary N) is 2. The zero-order valence-electron chi connectivity index (χ0n) is 15.9. The molecule has 0 bridgehead atoms. The number of morpholine rings is 1. The fourth-order valence-corrected chi connectivity index (χ4v) is 3.02. The predicted octanol–water partition coefficient (Wildman–Crippen LogP) is 3.63. The lowest BCUT2D eigenvalue weighted by Gasteiger charge is -2.32. The van der Waals surface area contributed by atoms with Crippen LogP contribution in [0.5, 0.6) is 11.5 Å². The SMILES string of the molecule is Cc1cccc(Oc2ccccc2NC(=O)NCC(C)N2CCOCC2)c1. The van der Waals surface area contributed by atoms with Crippen LogP contribution < -0.4 is 15.4 Å². The molecule has 0 aliphatic carbocycles. The molecule has 1 aliphatic heterocycles. The first kappa shape index (κ1) is 19.2. The van der Waals surface area contributed by atoms with E-state index in [-0.39, 0.29) is 12.1 Å². The van der Waals surface area contributed by atoms with Gasteiger partial charge in [-0.15, -0.1) is 0 Å². The molecule has 1 aliphatic rings. The molecule has 1 heterocycles. The van der Waals surface area contributed by atoms with Gasteiger partial charge in [0.1, 0.15) is 5.75 Å². The van der Waals surface area contributed by atoms with Crippen LogP contribution in [0.4, 0.5) is 10.5 Å². The zero-order chi connectivity index (χ0) is 19.1. The van der Waals surface area contributed by atoms with Gasteiger partial charge in [0.2, 0.25) is 0 Å². The predicted molar refractivity (Wildman–Crippen MR) is 107 cm³/mol. The van der Waals surface area contributed by atoms with Crippen LogP contribution in [0.1, 0.15) is 12.5 Å². The van der Waals surface area contributed by atoms with Crippen molar-refractivity contribution in [1.29, 1.82) is 0 Å². The number of hydrogen-bond donors (Lipinski definition) is 2. The Hall–Kier alpha value is -2.57. The van der Waals surface area contributed by atoms with E-state index in [1.165, 1.54) is 0 Å². The Labute approximate surface area is 160 Å². The van der Waals surface area contributed by atoms with Crippen molar-refractivity contribution in [2.75, 3.05) is 38.2 Å². The van der Waals surface area contributed by atoms with Gasteiger partial charge in [-0.2, -0.15) is 0 Å². The third-order valence-corrected chi connectivity index (χ3v) is 4.58. The summed E-state index contributed by atoms with van der Waals surface area (Å²) in [6, 6.07) is 15.3. The molecule has 6 nitrogen and oxygen atoms in total. The molecule has 6 heteroatoms. The summed E-state index contributed by atoms with van der Waals surface area (Å²) in [5.41, 5.74) is 1.75. The average Bonchev–Trinajstić information content (AvgIpc) is 2.68. The molecule has 3 rings (SSSR count). The molecule has 1 unspecified atom stereocenters. The maximum Gasteiger partial charge on any atom is 0.319 e. The number of anilines is 1. The van der Waals surface area contributed by atoms with Crippen LogP contribution in [-0.2, 0) is 4.74 Å². The van der Waals surface area contributed by atoms with Gasteiger partial charge in [0.25, 0.3) is 0 Å². The Morgan fingerprint density at radius 3 is 2.74 bits per heavy atom. The maximum atomic E-state index is 12.3. The van der Waals surface area contributed by atoms with Gasteiger partial charge >= 0.3 is 6.03 Å². The normalized spacial score (nSPS) is 15.8. The van der Waals surface area contributed by atoms with Crippen molar-refractivity contribution in [3.8, 4) is 11.5 Å². The largest absolute Gasteiger partial charge is 0.455 e. The summed E-state index contributed by atoms with van der Waals surface area (Å²) in [5, 5.41) is 5.83. The standard InChI is InChI=1S/C21H27N3O3/c1-16-6-5-7-18(14-16)27-20-9-4-3-8-19(20)23-21(25)22-15-17(2)24-10-12-26-13-11-24/h3-9,14,17H,10-13,15H2,1-2H3,(H2,22,23,25). The molecule has 27 heavy (non-hydrogen) atoms. The van der Waals surface area contributed by atoms with Crippen molar-refractivity contribution in [1.82, 2.24) is 10.2 Å². The zero-order valence-corrected chi connectivity index (χ0v) is 15.9. The summed E-state index contributed by atoms with van der Waals surface area (Å²) in [6.45, 7) is 8.00. The van der Waals surface area contributed by atoms with Crippen LogP contribution in [0.15, 0.2) is 48.5 Å². The molecule has 0 saturated carbocycles. The van der Waals surface area contributed by atoms with Crippen LogP contribution in [0.2, 0.25) is 0 Å². The first-order valence-corrected chi connectivity index (χ1v) is 9.32. The number of urea groups is 1. The lowest BCUT2D eigenvalue weighted by atomic mass is 10.2. The van der Waals surface area contributed by atoms with Crippen molar-refractivity contribution in [3.05, 3.63) is 54.1 Å². The Morgan fingerprint density at radius 1 is 1.19 bits per heavy atom.